The van der Waals surface area contributed by atoms with Crippen molar-refractivity contribution < 1.29 is 18.0 Å². The summed E-state index contributed by atoms with van der Waals surface area (Å²) in [5, 5.41) is 2.81. The fraction of sp³-hybridized carbons (Fsp3) is 0.611. The average Bonchev–Trinajstić information content (AvgIpc) is 2.88. The number of hydrogen-bond acceptors (Lipinski definition) is 3. The first-order valence-corrected chi connectivity index (χ1v) is 8.99. The molecule has 1 aliphatic rings. The first-order valence-electron chi connectivity index (χ1n) is 8.99. The quantitative estimate of drug-likeness (QED) is 0.825. The summed E-state index contributed by atoms with van der Waals surface area (Å²) in [6, 6.07) is 2.26. The molecule has 26 heavy (non-hydrogen) atoms. The second-order valence-corrected chi connectivity index (χ2v) is 7.09. The number of halogens is 3. The largest absolute Gasteiger partial charge is 0.433 e. The standard InChI is InChI=1S/C18H23F3N4O/c1-4-10(2)11(3)16(26)24-17-22-13-8-9-14(18(19,20)21)23-15(13)25(17)12-6-5-7-12/h8-12H,4-7H2,1-3H3,(H,22,24,26)/t10-,11+/m1/s1. The highest BCUT2D eigenvalue weighted by Crippen LogP contribution is 2.38. The van der Waals surface area contributed by atoms with E-state index in [1.807, 2.05) is 20.8 Å². The maximum Gasteiger partial charge on any atom is 0.433 e. The summed E-state index contributed by atoms with van der Waals surface area (Å²) in [6.45, 7) is 5.86. The number of alkyl halides is 3. The normalized spacial score (nSPS) is 17.8. The summed E-state index contributed by atoms with van der Waals surface area (Å²) >= 11 is 0. The van der Waals surface area contributed by atoms with Crippen LogP contribution in [-0.2, 0) is 11.0 Å². The molecule has 8 heteroatoms. The molecule has 0 bridgehead atoms. The molecule has 5 nitrogen and oxygen atoms in total. The van der Waals surface area contributed by atoms with Gasteiger partial charge in [0.05, 0.1) is 0 Å². The summed E-state index contributed by atoms with van der Waals surface area (Å²) < 4.78 is 40.8. The highest BCUT2D eigenvalue weighted by Gasteiger charge is 2.34. The third-order valence-corrected chi connectivity index (χ3v) is 5.41. The number of fused-ring (bicyclic) bond motifs is 1. The monoisotopic (exact) mass is 368 g/mol. The van der Waals surface area contributed by atoms with Gasteiger partial charge >= 0.3 is 6.18 Å². The molecule has 0 radical (unpaired) electrons. The predicted molar refractivity (Wildman–Crippen MR) is 92.7 cm³/mol. The van der Waals surface area contributed by atoms with Crippen LogP contribution >= 0.6 is 0 Å². The van der Waals surface area contributed by atoms with E-state index in [0.29, 0.717) is 5.52 Å². The van der Waals surface area contributed by atoms with E-state index in [1.54, 1.807) is 4.57 Å². The van der Waals surface area contributed by atoms with Crippen LogP contribution in [0.25, 0.3) is 11.2 Å². The highest BCUT2D eigenvalue weighted by atomic mass is 19.4. The molecule has 1 fully saturated rings. The van der Waals surface area contributed by atoms with Gasteiger partial charge in [0.15, 0.2) is 5.65 Å². The Bertz CT molecular complexity index is 811. The van der Waals surface area contributed by atoms with Crippen LogP contribution in [0.3, 0.4) is 0 Å². The molecule has 0 spiro atoms. The van der Waals surface area contributed by atoms with Crippen LogP contribution < -0.4 is 5.32 Å². The van der Waals surface area contributed by atoms with E-state index in [0.717, 1.165) is 31.7 Å². The van der Waals surface area contributed by atoms with Crippen molar-refractivity contribution in [2.45, 2.75) is 58.7 Å². The van der Waals surface area contributed by atoms with Gasteiger partial charge in [-0.2, -0.15) is 13.2 Å². The summed E-state index contributed by atoms with van der Waals surface area (Å²) in [7, 11) is 0. The molecule has 1 saturated carbocycles. The van der Waals surface area contributed by atoms with Crippen molar-refractivity contribution in [3.05, 3.63) is 17.8 Å². The molecular formula is C18H23F3N4O. The predicted octanol–water partition coefficient (Wildman–Crippen LogP) is 4.80. The Hall–Kier alpha value is -2.12. The van der Waals surface area contributed by atoms with Crippen molar-refractivity contribution in [1.29, 1.82) is 0 Å². The maximum absolute atomic E-state index is 13.0. The third-order valence-electron chi connectivity index (χ3n) is 5.41. The van der Waals surface area contributed by atoms with Crippen LogP contribution in [0.15, 0.2) is 12.1 Å². The molecular weight excluding hydrogens is 345 g/mol. The summed E-state index contributed by atoms with van der Waals surface area (Å²) in [6.07, 6.45) is -0.970. The van der Waals surface area contributed by atoms with E-state index in [1.165, 1.54) is 6.07 Å². The smallest absolute Gasteiger partial charge is 0.296 e. The number of nitrogens with one attached hydrogen (secondary N) is 1. The molecule has 0 saturated heterocycles. The number of rotatable bonds is 5. The number of aromatic nitrogens is 3. The van der Waals surface area contributed by atoms with Gasteiger partial charge < -0.3 is 0 Å². The lowest BCUT2D eigenvalue weighted by Crippen LogP contribution is -2.28. The average molecular weight is 368 g/mol. The van der Waals surface area contributed by atoms with E-state index < -0.39 is 11.9 Å². The van der Waals surface area contributed by atoms with Gasteiger partial charge in [-0.1, -0.05) is 27.2 Å². The van der Waals surface area contributed by atoms with Crippen molar-refractivity contribution in [1.82, 2.24) is 14.5 Å². The lowest BCUT2D eigenvalue weighted by atomic mass is 9.92. The van der Waals surface area contributed by atoms with Crippen LogP contribution in [-0.4, -0.2) is 20.4 Å². The minimum atomic E-state index is -4.52. The number of nitrogens with zero attached hydrogens (tertiary/aromatic N) is 3. The van der Waals surface area contributed by atoms with Gasteiger partial charge in [-0.25, -0.2) is 9.97 Å². The number of amides is 1. The van der Waals surface area contributed by atoms with E-state index in [4.69, 9.17) is 0 Å². The number of pyridine rings is 1. The molecule has 3 rings (SSSR count). The fourth-order valence-electron chi connectivity index (χ4n) is 3.05. The zero-order valence-corrected chi connectivity index (χ0v) is 15.1. The van der Waals surface area contributed by atoms with Gasteiger partial charge in [-0.05, 0) is 37.3 Å². The molecule has 1 aliphatic carbocycles. The molecule has 1 N–H and O–H groups in total. The third kappa shape index (κ3) is 3.41. The van der Waals surface area contributed by atoms with Crippen molar-refractivity contribution in [3.63, 3.8) is 0 Å². The zero-order chi connectivity index (χ0) is 19.1. The number of carbonyl (C=O) groups is 1. The minimum absolute atomic E-state index is 0.0187. The van der Waals surface area contributed by atoms with Gasteiger partial charge in [-0.15, -0.1) is 0 Å². The van der Waals surface area contributed by atoms with Crippen molar-refractivity contribution in [2.24, 2.45) is 11.8 Å². The van der Waals surface area contributed by atoms with Crippen LogP contribution in [0.5, 0.6) is 0 Å². The van der Waals surface area contributed by atoms with E-state index in [-0.39, 0.29) is 35.4 Å². The first kappa shape index (κ1) is 18.7. The van der Waals surface area contributed by atoms with Gasteiger partial charge in [0.2, 0.25) is 11.9 Å². The summed E-state index contributed by atoms with van der Waals surface area (Å²) in [5.41, 5.74) is -0.413. The molecule has 1 amide bonds. The zero-order valence-electron chi connectivity index (χ0n) is 15.1. The molecule has 0 unspecified atom stereocenters. The lowest BCUT2D eigenvalue weighted by molar-refractivity contribution is -0.141. The molecule has 0 aromatic carbocycles. The number of hydrogen-bond donors (Lipinski definition) is 1. The first-order chi connectivity index (χ1) is 12.2. The minimum Gasteiger partial charge on any atom is -0.296 e. The topological polar surface area (TPSA) is 59.8 Å². The second-order valence-electron chi connectivity index (χ2n) is 7.09. The second kappa shape index (κ2) is 6.89. The SMILES string of the molecule is CC[C@@H](C)[C@H](C)C(=O)Nc1nc2ccc(C(F)(F)F)nc2n1C1CCC1. The van der Waals surface area contributed by atoms with Crippen LogP contribution in [0, 0.1) is 11.8 Å². The van der Waals surface area contributed by atoms with Crippen LogP contribution in [0.2, 0.25) is 0 Å². The van der Waals surface area contributed by atoms with Gasteiger partial charge in [0, 0.05) is 12.0 Å². The van der Waals surface area contributed by atoms with Crippen molar-refractivity contribution in [2.75, 3.05) is 5.32 Å². The Kier molecular flexibility index (Phi) is 4.94. The molecule has 142 valence electrons. The van der Waals surface area contributed by atoms with Gasteiger partial charge in [0.25, 0.3) is 0 Å². The fourth-order valence-corrected chi connectivity index (χ4v) is 3.05. The number of imidazole rings is 1. The van der Waals surface area contributed by atoms with Gasteiger partial charge in [-0.3, -0.25) is 14.7 Å². The van der Waals surface area contributed by atoms with Crippen molar-refractivity contribution in [3.8, 4) is 0 Å². The molecule has 2 aromatic heterocycles. The summed E-state index contributed by atoms with van der Waals surface area (Å²) in [4.78, 5) is 20.7. The maximum atomic E-state index is 13.0. The Morgan fingerprint density at radius 1 is 1.31 bits per heavy atom. The van der Waals surface area contributed by atoms with E-state index >= 15 is 0 Å². The molecule has 2 atom stereocenters. The number of anilines is 1. The molecule has 2 heterocycles. The Balaban J connectivity index is 2.00. The number of carbonyl (C=O) groups excluding carboxylic acids is 1. The Labute approximate surface area is 150 Å². The van der Waals surface area contributed by atoms with Crippen molar-refractivity contribution >= 4 is 23.0 Å². The van der Waals surface area contributed by atoms with Gasteiger partial charge in [0.1, 0.15) is 11.2 Å². The van der Waals surface area contributed by atoms with E-state index in [2.05, 4.69) is 15.3 Å². The van der Waals surface area contributed by atoms with Crippen LogP contribution in [0.1, 0.15) is 58.2 Å². The highest BCUT2D eigenvalue weighted by molar-refractivity contribution is 5.92. The molecule has 0 aliphatic heterocycles. The Morgan fingerprint density at radius 2 is 2.00 bits per heavy atom. The van der Waals surface area contributed by atoms with Crippen LogP contribution in [0.4, 0.5) is 19.1 Å². The Morgan fingerprint density at radius 3 is 2.54 bits per heavy atom. The lowest BCUT2D eigenvalue weighted by Gasteiger charge is -2.29. The summed E-state index contributed by atoms with van der Waals surface area (Å²) in [5.74, 6) is 0.0998. The molecule has 2 aromatic rings. The van der Waals surface area contributed by atoms with E-state index in [9.17, 15) is 18.0 Å².